The second-order valence-corrected chi connectivity index (χ2v) is 16.3. The van der Waals surface area contributed by atoms with Gasteiger partial charge in [0.1, 0.15) is 5.82 Å². The Bertz CT molecular complexity index is 2380. The number of nitrogens with zero attached hydrogens (tertiary/aromatic N) is 4. The molecule has 5 nitrogen and oxygen atoms in total. The van der Waals surface area contributed by atoms with Crippen LogP contribution in [0.1, 0.15) is 103 Å². The van der Waals surface area contributed by atoms with E-state index >= 15 is 0 Å². The number of ether oxygens (including phenoxy) is 1. The zero-order valence-electron chi connectivity index (χ0n) is 31.9. The summed E-state index contributed by atoms with van der Waals surface area (Å²) in [6.07, 6.45) is 9.57. The van der Waals surface area contributed by atoms with Gasteiger partial charge in [0, 0.05) is 56.7 Å². The van der Waals surface area contributed by atoms with E-state index in [1.807, 2.05) is 23.0 Å². The van der Waals surface area contributed by atoms with Crippen LogP contribution in [-0.4, -0.2) is 14.1 Å². The van der Waals surface area contributed by atoms with Gasteiger partial charge in [-0.05, 0) is 74.7 Å². The van der Waals surface area contributed by atoms with Crippen molar-refractivity contribution in [1.29, 1.82) is 0 Å². The number of benzene rings is 4. The molecule has 0 aliphatic carbocycles. The number of para-hydroxylation sites is 1. The Labute approximate surface area is 323 Å². The minimum absolute atomic E-state index is 0. The van der Waals surface area contributed by atoms with Gasteiger partial charge in [-0.15, -0.1) is 29.7 Å². The number of hydrogen-bond donors (Lipinski definition) is 0. The normalized spacial score (nSPS) is 12.2. The molecule has 0 radical (unpaired) electrons. The van der Waals surface area contributed by atoms with E-state index in [1.54, 1.807) is 0 Å². The zero-order valence-corrected chi connectivity index (χ0v) is 34.2. The van der Waals surface area contributed by atoms with Crippen molar-refractivity contribution in [3.05, 3.63) is 138 Å². The van der Waals surface area contributed by atoms with Crippen molar-refractivity contribution >= 4 is 21.8 Å². The molecule has 7 aromatic rings. The molecule has 0 N–H and O–H groups in total. The number of imidazole rings is 1. The maximum absolute atomic E-state index is 6.65. The van der Waals surface area contributed by atoms with Gasteiger partial charge in [-0.1, -0.05) is 105 Å². The topological polar surface area (TPSA) is 35.9 Å². The molecule has 4 aromatic carbocycles. The molecule has 0 atom stereocenters. The van der Waals surface area contributed by atoms with Crippen LogP contribution in [0.25, 0.3) is 39.0 Å². The predicted molar refractivity (Wildman–Crippen MR) is 208 cm³/mol. The summed E-state index contributed by atoms with van der Waals surface area (Å²) in [5.41, 5.74) is 8.89. The van der Waals surface area contributed by atoms with Gasteiger partial charge in [-0.3, -0.25) is 4.57 Å². The summed E-state index contributed by atoms with van der Waals surface area (Å²) in [5.74, 6) is 2.96. The molecule has 3 aromatic heterocycles. The van der Waals surface area contributed by atoms with Gasteiger partial charge in [0.05, 0.1) is 5.69 Å². The van der Waals surface area contributed by atoms with Crippen LogP contribution in [0.15, 0.2) is 97.5 Å². The van der Waals surface area contributed by atoms with E-state index in [4.69, 9.17) is 9.72 Å². The smallest absolute Gasteiger partial charge is 0.267 e. The summed E-state index contributed by atoms with van der Waals surface area (Å²) >= 11 is 0. The van der Waals surface area contributed by atoms with Crippen molar-refractivity contribution in [3.63, 3.8) is 0 Å². The molecule has 0 aliphatic rings. The maximum atomic E-state index is 6.65. The van der Waals surface area contributed by atoms with Crippen molar-refractivity contribution in [1.82, 2.24) is 14.1 Å². The first-order valence-electron chi connectivity index (χ1n) is 18.0. The molecule has 0 saturated heterocycles. The van der Waals surface area contributed by atoms with Crippen LogP contribution >= 0.6 is 0 Å². The molecule has 0 bridgehead atoms. The monoisotopic (exact) mass is 867 g/mol. The Morgan fingerprint density at radius 3 is 2.19 bits per heavy atom. The third-order valence-corrected chi connectivity index (χ3v) is 9.75. The van der Waals surface area contributed by atoms with E-state index in [2.05, 4.69) is 176 Å². The standard InChI is InChI=1S/C46H48N4O.Pt/c1-30(2)32-15-18-41(40(23-32)31(3)4)49-22-21-48(29-49)35-24-34(46(8,9)10)25-37(27-35)51-36-16-17-39-38-13-11-12-14-42(38)50(43(39)28-36)44-26-33(19-20-47-44)45(5,6)7;/h11-26,30-31H,1-10H3;/q-2;. The Balaban J connectivity index is 0.00000464. The van der Waals surface area contributed by atoms with Gasteiger partial charge in [0.25, 0.3) is 6.33 Å². The van der Waals surface area contributed by atoms with Crippen molar-refractivity contribution in [3.8, 4) is 28.7 Å². The minimum atomic E-state index is -0.119. The third kappa shape index (κ3) is 7.26. The summed E-state index contributed by atoms with van der Waals surface area (Å²) in [6, 6.07) is 35.1. The molecule has 0 saturated carbocycles. The fourth-order valence-electron chi connectivity index (χ4n) is 6.64. The first-order chi connectivity index (χ1) is 24.2. The summed E-state index contributed by atoms with van der Waals surface area (Å²) in [5, 5.41) is 2.25. The number of pyridine rings is 1. The summed E-state index contributed by atoms with van der Waals surface area (Å²) < 4.78 is 12.9. The largest absolute Gasteiger partial charge is 0.510 e. The van der Waals surface area contributed by atoms with Crippen molar-refractivity contribution < 1.29 is 30.4 Å². The average Bonchev–Trinajstić information content (AvgIpc) is 3.70. The number of hydrogen-bond acceptors (Lipinski definition) is 2. The van der Waals surface area contributed by atoms with Gasteiger partial charge in [-0.2, -0.15) is 17.7 Å². The van der Waals surface area contributed by atoms with Crippen LogP contribution in [-0.2, 0) is 31.9 Å². The Kier molecular flexibility index (Phi) is 10.2. The fourth-order valence-corrected chi connectivity index (χ4v) is 6.64. The summed E-state index contributed by atoms with van der Waals surface area (Å²) in [4.78, 5) is 4.83. The molecule has 6 heteroatoms. The summed E-state index contributed by atoms with van der Waals surface area (Å²) in [7, 11) is 0. The average molecular weight is 868 g/mol. The fraction of sp³-hybridized carbons (Fsp3) is 0.304. The van der Waals surface area contributed by atoms with Crippen LogP contribution < -0.4 is 9.30 Å². The van der Waals surface area contributed by atoms with E-state index in [-0.39, 0.29) is 31.9 Å². The second kappa shape index (κ2) is 14.2. The van der Waals surface area contributed by atoms with Gasteiger partial charge in [0.15, 0.2) is 0 Å². The number of fused-ring (bicyclic) bond motifs is 3. The van der Waals surface area contributed by atoms with Crippen molar-refractivity contribution in [2.45, 2.75) is 91.9 Å². The van der Waals surface area contributed by atoms with Crippen LogP contribution in [0.3, 0.4) is 0 Å². The molecule has 0 amide bonds. The molecule has 7 rings (SSSR count). The van der Waals surface area contributed by atoms with E-state index in [1.165, 1.54) is 16.7 Å². The SMILES string of the molecule is CC(C)c1ccc(-[n+]2[c-]n(-c3[c-]c(Oc4[c-]c5c(cc4)c4ccccc4n5-c4cc(C(C)(C)C)ccn4)cc(C(C)(C)C)c3)cc2)c(C(C)C)c1.[Pt]. The second-order valence-electron chi connectivity index (χ2n) is 16.3. The van der Waals surface area contributed by atoms with Crippen LogP contribution in [0.5, 0.6) is 11.5 Å². The van der Waals surface area contributed by atoms with Crippen LogP contribution in [0, 0.1) is 18.5 Å². The van der Waals surface area contributed by atoms with E-state index < -0.39 is 0 Å². The van der Waals surface area contributed by atoms with E-state index in [0.29, 0.717) is 23.3 Å². The molecule has 0 aliphatic heterocycles. The Hall–Kier alpha value is -4.47. The molecule has 0 spiro atoms. The molecule has 270 valence electrons. The van der Waals surface area contributed by atoms with Crippen molar-refractivity contribution in [2.75, 3.05) is 0 Å². The Morgan fingerprint density at radius 1 is 0.731 bits per heavy atom. The van der Waals surface area contributed by atoms with Gasteiger partial charge in [0.2, 0.25) is 0 Å². The minimum Gasteiger partial charge on any atom is -0.510 e. The summed E-state index contributed by atoms with van der Waals surface area (Å²) in [6.45, 7) is 22.3. The van der Waals surface area contributed by atoms with Gasteiger partial charge >= 0.3 is 0 Å². The van der Waals surface area contributed by atoms with Crippen LogP contribution in [0.2, 0.25) is 0 Å². The third-order valence-electron chi connectivity index (χ3n) is 9.75. The molecule has 0 fully saturated rings. The molecule has 0 unspecified atom stereocenters. The quantitative estimate of drug-likeness (QED) is 0.118. The first-order valence-corrected chi connectivity index (χ1v) is 18.0. The Morgan fingerprint density at radius 2 is 1.48 bits per heavy atom. The maximum Gasteiger partial charge on any atom is 0.267 e. The van der Waals surface area contributed by atoms with Crippen molar-refractivity contribution in [2.24, 2.45) is 0 Å². The number of rotatable bonds is 7. The predicted octanol–water partition coefficient (Wildman–Crippen LogP) is 11.3. The van der Waals surface area contributed by atoms with E-state index in [0.717, 1.165) is 44.6 Å². The van der Waals surface area contributed by atoms with E-state index in [9.17, 15) is 0 Å². The molecular formula is C46H48N4OPt-2. The first kappa shape index (κ1) is 37.3. The number of aromatic nitrogens is 4. The molecule has 3 heterocycles. The van der Waals surface area contributed by atoms with Crippen LogP contribution in [0.4, 0.5) is 0 Å². The zero-order chi connectivity index (χ0) is 36.2. The molecule has 52 heavy (non-hydrogen) atoms. The van der Waals surface area contributed by atoms with Gasteiger partial charge < -0.3 is 13.9 Å². The molecular weight excluding hydrogens is 820 g/mol. The van der Waals surface area contributed by atoms with Gasteiger partial charge in [-0.25, -0.2) is 4.98 Å².